The fourth-order valence-electron chi connectivity index (χ4n) is 5.52. The Bertz CT molecular complexity index is 1690. The van der Waals surface area contributed by atoms with E-state index in [4.69, 9.17) is 9.97 Å². The van der Waals surface area contributed by atoms with E-state index < -0.39 is 5.41 Å². The molecule has 0 spiro atoms. The van der Waals surface area contributed by atoms with Crippen molar-refractivity contribution in [3.05, 3.63) is 142 Å². The van der Waals surface area contributed by atoms with Crippen LogP contribution < -0.4 is 5.22 Å². The molecule has 0 fully saturated rings. The fraction of sp³-hybridized carbons (Fsp3) is 0.0333. The van der Waals surface area contributed by atoms with Gasteiger partial charge in [-0.15, -0.1) is 0 Å². The second-order valence-electron chi connectivity index (χ2n) is 8.55. The first kappa shape index (κ1) is 18.6. The van der Waals surface area contributed by atoms with Crippen LogP contribution in [-0.2, 0) is 5.41 Å². The first-order valence-corrected chi connectivity index (χ1v) is 12.2. The molecule has 5 aromatic rings. The van der Waals surface area contributed by atoms with Crippen molar-refractivity contribution in [1.82, 2.24) is 9.97 Å². The highest BCUT2D eigenvalue weighted by Gasteiger charge is 2.42. The molecule has 0 amide bonds. The number of benzene rings is 3. The molecule has 1 radical (unpaired) electrons. The van der Waals surface area contributed by atoms with Crippen molar-refractivity contribution in [2.45, 2.75) is 5.41 Å². The van der Waals surface area contributed by atoms with Gasteiger partial charge in [-0.3, -0.25) is 9.97 Å². The number of nitrogens with zero attached hydrogens (tertiary/aromatic N) is 2. The number of rotatable bonds is 2. The maximum atomic E-state index is 4.89. The second kappa shape index (κ2) is 7.02. The summed E-state index contributed by atoms with van der Waals surface area (Å²) in [5.41, 5.74) is 5.38. The number of pyridine rings is 2. The third-order valence-electron chi connectivity index (χ3n) is 6.85. The lowest BCUT2D eigenvalue weighted by molar-refractivity contribution is 0.843. The van der Waals surface area contributed by atoms with Gasteiger partial charge in [0.2, 0.25) is 0 Å². The molecule has 2 aromatic heterocycles. The lowest BCUT2D eigenvalue weighted by Crippen LogP contribution is -2.33. The Morgan fingerprint density at radius 2 is 1.27 bits per heavy atom. The first-order valence-electron chi connectivity index (χ1n) is 11.2. The molecule has 2 aliphatic rings. The number of hydrogen-bond donors (Lipinski definition) is 0. The average Bonchev–Trinajstić information content (AvgIpc) is 3.27. The largest absolute Gasteiger partial charge is 0.256 e. The molecule has 3 heteroatoms. The summed E-state index contributed by atoms with van der Waals surface area (Å²) in [5.74, 6) is 0. The number of fused-ring (bicyclic) bond motifs is 4. The summed E-state index contributed by atoms with van der Waals surface area (Å²) in [5, 5.41) is 5.05. The SMILES string of the molecule is C1=CC(c2cccc3cccnc23)(c2cccc3cccnc23)C2=c3ccccc3=[Si]C2=C1. The summed E-state index contributed by atoms with van der Waals surface area (Å²) >= 11 is 0. The van der Waals surface area contributed by atoms with E-state index in [-0.39, 0.29) is 0 Å². The van der Waals surface area contributed by atoms with Gasteiger partial charge in [0.15, 0.2) is 0 Å². The standard InChI is InChI=1S/C30H19N2Si/c1-2-15-25-22(12-1)27-26(33-25)16-5-17-30(27,23-13-3-8-20-10-6-18-31-28(20)23)24-14-4-9-21-11-7-19-32-29(21)24/h1-19H. The summed E-state index contributed by atoms with van der Waals surface area (Å²) in [6.45, 7) is 0. The maximum absolute atomic E-state index is 4.89. The molecule has 0 saturated carbocycles. The van der Waals surface area contributed by atoms with Crippen LogP contribution in [0, 0.1) is 4.81 Å². The zero-order chi connectivity index (χ0) is 21.8. The Hall–Kier alpha value is -3.95. The van der Waals surface area contributed by atoms with Crippen molar-refractivity contribution >= 4 is 36.5 Å². The molecular weight excluding hydrogens is 416 g/mol. The summed E-state index contributed by atoms with van der Waals surface area (Å²) in [4.78, 5) is 11.2. The number of para-hydroxylation sites is 2. The van der Waals surface area contributed by atoms with E-state index in [1.165, 1.54) is 31.9 Å². The van der Waals surface area contributed by atoms with E-state index in [2.05, 4.69) is 91.0 Å². The molecule has 33 heavy (non-hydrogen) atoms. The van der Waals surface area contributed by atoms with Gasteiger partial charge in [-0.2, -0.15) is 0 Å². The Kier molecular flexibility index (Phi) is 3.96. The minimum absolute atomic E-state index is 0.481. The molecule has 1 aliphatic heterocycles. The Balaban J connectivity index is 1.73. The van der Waals surface area contributed by atoms with E-state index in [1.807, 2.05) is 24.5 Å². The van der Waals surface area contributed by atoms with Gasteiger partial charge in [-0.1, -0.05) is 91.0 Å². The van der Waals surface area contributed by atoms with Crippen molar-refractivity contribution in [1.29, 1.82) is 0 Å². The Labute approximate surface area is 193 Å². The van der Waals surface area contributed by atoms with Gasteiger partial charge >= 0.3 is 0 Å². The van der Waals surface area contributed by atoms with Gasteiger partial charge < -0.3 is 0 Å². The molecule has 3 aromatic carbocycles. The van der Waals surface area contributed by atoms with Gasteiger partial charge in [0.25, 0.3) is 0 Å². The van der Waals surface area contributed by atoms with Crippen LogP contribution in [0.3, 0.4) is 0 Å². The highest BCUT2D eigenvalue weighted by Crippen LogP contribution is 2.49. The van der Waals surface area contributed by atoms with Gasteiger partial charge in [0.05, 0.1) is 25.6 Å². The summed E-state index contributed by atoms with van der Waals surface area (Å²) in [6.07, 6.45) is 10.7. The van der Waals surface area contributed by atoms with E-state index in [0.29, 0.717) is 9.13 Å². The molecule has 0 bridgehead atoms. The second-order valence-corrected chi connectivity index (χ2v) is 9.88. The van der Waals surface area contributed by atoms with Gasteiger partial charge in [-0.05, 0) is 44.1 Å². The van der Waals surface area contributed by atoms with Crippen LogP contribution in [0.15, 0.2) is 121 Å². The third-order valence-corrected chi connectivity index (χ3v) is 8.24. The number of aromatic nitrogens is 2. The third kappa shape index (κ3) is 2.57. The average molecular weight is 436 g/mol. The van der Waals surface area contributed by atoms with Crippen LogP contribution in [-0.4, -0.2) is 19.1 Å². The van der Waals surface area contributed by atoms with Gasteiger partial charge in [-0.25, -0.2) is 0 Å². The number of hydrogen-bond acceptors (Lipinski definition) is 2. The van der Waals surface area contributed by atoms with E-state index in [1.54, 1.807) is 0 Å². The van der Waals surface area contributed by atoms with Crippen molar-refractivity contribution in [2.75, 3.05) is 0 Å². The molecule has 153 valence electrons. The van der Waals surface area contributed by atoms with Gasteiger partial charge in [0, 0.05) is 23.2 Å². The molecule has 0 atom stereocenters. The van der Waals surface area contributed by atoms with E-state index in [9.17, 15) is 0 Å². The van der Waals surface area contributed by atoms with Crippen LogP contribution in [0.4, 0.5) is 0 Å². The van der Waals surface area contributed by atoms with Crippen LogP contribution >= 0.6 is 0 Å². The predicted octanol–water partition coefficient (Wildman–Crippen LogP) is 5.34. The van der Waals surface area contributed by atoms with Crippen LogP contribution in [0.25, 0.3) is 27.4 Å². The molecule has 7 rings (SSSR count). The zero-order valence-corrected chi connectivity index (χ0v) is 18.9. The van der Waals surface area contributed by atoms with Crippen LogP contribution in [0.5, 0.6) is 0 Å². The zero-order valence-electron chi connectivity index (χ0n) is 17.9. The van der Waals surface area contributed by atoms with Crippen molar-refractivity contribution < 1.29 is 0 Å². The molecule has 1 aliphatic carbocycles. The molecule has 0 unspecified atom stereocenters. The minimum atomic E-state index is -0.481. The highest BCUT2D eigenvalue weighted by molar-refractivity contribution is 6.45. The minimum Gasteiger partial charge on any atom is -0.256 e. The predicted molar refractivity (Wildman–Crippen MR) is 136 cm³/mol. The molecule has 0 saturated heterocycles. The Morgan fingerprint density at radius 1 is 0.636 bits per heavy atom. The smallest absolute Gasteiger partial charge is 0.0749 e. The van der Waals surface area contributed by atoms with E-state index in [0.717, 1.165) is 21.8 Å². The lowest BCUT2D eigenvalue weighted by Gasteiger charge is -2.37. The quantitative estimate of drug-likeness (QED) is 0.350. The van der Waals surface area contributed by atoms with Crippen molar-refractivity contribution in [2.24, 2.45) is 0 Å². The highest BCUT2D eigenvalue weighted by atomic mass is 28.2. The van der Waals surface area contributed by atoms with Crippen LogP contribution in [0.1, 0.15) is 11.1 Å². The van der Waals surface area contributed by atoms with Crippen LogP contribution in [0.2, 0.25) is 0 Å². The van der Waals surface area contributed by atoms with Gasteiger partial charge in [0.1, 0.15) is 0 Å². The molecule has 0 N–H and O–H groups in total. The lowest BCUT2D eigenvalue weighted by atomic mass is 9.65. The Morgan fingerprint density at radius 3 is 1.97 bits per heavy atom. The van der Waals surface area contributed by atoms with Crippen molar-refractivity contribution in [3.63, 3.8) is 0 Å². The summed E-state index contributed by atoms with van der Waals surface area (Å²) in [7, 11) is 0.652. The normalized spacial score (nSPS) is 15.8. The molecule has 3 heterocycles. The topological polar surface area (TPSA) is 25.8 Å². The summed E-state index contributed by atoms with van der Waals surface area (Å²) in [6, 6.07) is 30.3. The summed E-state index contributed by atoms with van der Waals surface area (Å²) < 4.78 is 0. The molecular formula is C30H19N2Si. The maximum Gasteiger partial charge on any atom is 0.0749 e. The van der Waals surface area contributed by atoms with Crippen molar-refractivity contribution in [3.8, 4) is 0 Å². The first-order chi connectivity index (χ1) is 16.4. The fourth-order valence-corrected chi connectivity index (χ4v) is 6.97. The van der Waals surface area contributed by atoms with E-state index >= 15 is 0 Å². The monoisotopic (exact) mass is 435 g/mol. The number of allylic oxidation sites excluding steroid dienone is 4. The molecule has 2 nitrogen and oxygen atoms in total.